The summed E-state index contributed by atoms with van der Waals surface area (Å²) in [5.41, 5.74) is 6.47. The zero-order valence-electron chi connectivity index (χ0n) is 30.4. The predicted molar refractivity (Wildman–Crippen MR) is 211 cm³/mol. The Labute approximate surface area is 324 Å². The van der Waals surface area contributed by atoms with Crippen LogP contribution in [0, 0.1) is 11.6 Å². The molecule has 3 aromatic heterocycles. The van der Waals surface area contributed by atoms with Gasteiger partial charge in [0, 0.05) is 23.4 Å². The van der Waals surface area contributed by atoms with E-state index in [9.17, 15) is 14.0 Å². The standard InChI is InChI=1S/C42H36F2N8O3S/c1-24(48-40(53)25(2)49-42(54)55-23-35-31-11-5-3-9-29(31)30-10-4-6-12-32(30)35)28-15-14-27(43)21-34(28)33-13-7-8-26-20-37(56-39(26)33)38-36(44)22-46-41(50-38)45-16-18-52-19-17-47-51-52/h3-15,17,19-22,24-25,35H,16,18,23H2,1-2H3,(H,48,53)(H,49,54)(H,45,46,50)/t24-,25-/m1/s1. The van der Waals surface area contributed by atoms with Crippen LogP contribution in [0.15, 0.2) is 110 Å². The number of halogens is 2. The van der Waals surface area contributed by atoms with Crippen molar-refractivity contribution in [2.24, 2.45) is 0 Å². The van der Waals surface area contributed by atoms with Gasteiger partial charge in [0.1, 0.15) is 24.2 Å². The number of alkyl carbamates (subject to hydrolysis) is 1. The van der Waals surface area contributed by atoms with Crippen molar-refractivity contribution in [3.8, 4) is 32.8 Å². The van der Waals surface area contributed by atoms with Gasteiger partial charge in [0.15, 0.2) is 5.82 Å². The number of amides is 2. The lowest BCUT2D eigenvalue weighted by Crippen LogP contribution is -2.45. The molecule has 1 aliphatic carbocycles. The molecular weight excluding hydrogens is 735 g/mol. The van der Waals surface area contributed by atoms with Crippen LogP contribution in [-0.4, -0.2) is 56.2 Å². The third-order valence-corrected chi connectivity index (χ3v) is 11.0. The summed E-state index contributed by atoms with van der Waals surface area (Å²) in [5.74, 6) is -1.33. The Hall–Kier alpha value is -6.54. The highest BCUT2D eigenvalue weighted by molar-refractivity contribution is 7.22. The molecule has 14 heteroatoms. The molecule has 282 valence electrons. The highest BCUT2D eigenvalue weighted by Crippen LogP contribution is 2.45. The normalized spacial score (nSPS) is 13.1. The summed E-state index contributed by atoms with van der Waals surface area (Å²) < 4.78 is 38.2. The molecular formula is C42H36F2N8O3S. The van der Waals surface area contributed by atoms with Crippen molar-refractivity contribution >= 4 is 39.4 Å². The van der Waals surface area contributed by atoms with Crippen LogP contribution in [0.5, 0.6) is 0 Å². The van der Waals surface area contributed by atoms with Crippen molar-refractivity contribution in [2.45, 2.75) is 38.4 Å². The van der Waals surface area contributed by atoms with E-state index >= 15 is 4.39 Å². The van der Waals surface area contributed by atoms with Gasteiger partial charge >= 0.3 is 6.09 Å². The lowest BCUT2D eigenvalue weighted by Gasteiger charge is -2.22. The third-order valence-electron chi connectivity index (χ3n) is 9.82. The average Bonchev–Trinajstić information content (AvgIpc) is 3.96. The number of benzene rings is 4. The van der Waals surface area contributed by atoms with Crippen LogP contribution in [0.3, 0.4) is 0 Å². The summed E-state index contributed by atoms with van der Waals surface area (Å²) in [4.78, 5) is 35.5. The molecule has 0 spiro atoms. The van der Waals surface area contributed by atoms with Crippen molar-refractivity contribution in [3.63, 3.8) is 0 Å². The van der Waals surface area contributed by atoms with E-state index in [0.29, 0.717) is 34.7 Å². The van der Waals surface area contributed by atoms with E-state index in [4.69, 9.17) is 4.74 Å². The van der Waals surface area contributed by atoms with Crippen LogP contribution in [0.1, 0.15) is 42.5 Å². The summed E-state index contributed by atoms with van der Waals surface area (Å²) in [6.07, 6.45) is 3.74. The van der Waals surface area contributed by atoms with Gasteiger partial charge in [-0.15, -0.1) is 16.4 Å². The number of anilines is 1. The smallest absolute Gasteiger partial charge is 0.407 e. The molecule has 1 aliphatic rings. The number of nitrogens with one attached hydrogen (secondary N) is 3. The van der Waals surface area contributed by atoms with E-state index in [0.717, 1.165) is 38.5 Å². The molecule has 3 N–H and O–H groups in total. The second-order valence-electron chi connectivity index (χ2n) is 13.5. The summed E-state index contributed by atoms with van der Waals surface area (Å²) in [6, 6.07) is 26.5. The number of aromatic nitrogens is 5. The number of carbonyl (C=O) groups is 2. The van der Waals surface area contributed by atoms with Crippen LogP contribution in [0.4, 0.5) is 19.5 Å². The molecule has 0 saturated heterocycles. The molecule has 0 bridgehead atoms. The molecule has 0 aliphatic heterocycles. The minimum Gasteiger partial charge on any atom is -0.449 e. The van der Waals surface area contributed by atoms with Crippen LogP contribution in [0.2, 0.25) is 0 Å². The van der Waals surface area contributed by atoms with Crippen LogP contribution in [0.25, 0.3) is 42.9 Å². The molecule has 11 nitrogen and oxygen atoms in total. The van der Waals surface area contributed by atoms with Crippen molar-refractivity contribution in [3.05, 3.63) is 138 Å². The van der Waals surface area contributed by atoms with E-state index in [2.05, 4.69) is 48.4 Å². The Morgan fingerprint density at radius 1 is 0.893 bits per heavy atom. The van der Waals surface area contributed by atoms with E-state index in [-0.39, 0.29) is 24.2 Å². The zero-order valence-corrected chi connectivity index (χ0v) is 31.2. The number of hydrogen-bond acceptors (Lipinski definition) is 9. The van der Waals surface area contributed by atoms with Crippen molar-refractivity contribution in [2.75, 3.05) is 18.5 Å². The first kappa shape index (κ1) is 36.4. The predicted octanol–water partition coefficient (Wildman–Crippen LogP) is 8.11. The molecule has 2 atom stereocenters. The maximum atomic E-state index is 15.2. The van der Waals surface area contributed by atoms with Crippen molar-refractivity contribution in [1.29, 1.82) is 0 Å². The fourth-order valence-corrected chi connectivity index (χ4v) is 8.27. The summed E-state index contributed by atoms with van der Waals surface area (Å²) in [6.45, 7) is 4.46. The lowest BCUT2D eigenvalue weighted by atomic mass is 9.94. The van der Waals surface area contributed by atoms with E-state index in [1.54, 1.807) is 37.0 Å². The summed E-state index contributed by atoms with van der Waals surface area (Å²) in [7, 11) is 0. The number of thiophene rings is 1. The molecule has 8 rings (SSSR count). The fourth-order valence-electron chi connectivity index (χ4n) is 7.09. The van der Waals surface area contributed by atoms with Crippen molar-refractivity contribution < 1.29 is 23.1 Å². The van der Waals surface area contributed by atoms with E-state index < -0.39 is 35.7 Å². The summed E-state index contributed by atoms with van der Waals surface area (Å²) >= 11 is 1.32. The molecule has 0 unspecified atom stereocenters. The van der Waals surface area contributed by atoms with Gasteiger partial charge in [-0.2, -0.15) is 0 Å². The van der Waals surface area contributed by atoms with Gasteiger partial charge in [-0.25, -0.2) is 23.5 Å². The van der Waals surface area contributed by atoms with Gasteiger partial charge in [-0.05, 0) is 76.4 Å². The second kappa shape index (κ2) is 15.7. The van der Waals surface area contributed by atoms with E-state index in [1.165, 1.54) is 23.5 Å². The molecule has 0 fully saturated rings. The first-order valence-corrected chi connectivity index (χ1v) is 18.9. The van der Waals surface area contributed by atoms with Crippen LogP contribution in [-0.2, 0) is 16.1 Å². The fraction of sp³-hybridized carbons (Fsp3) is 0.190. The topological polar surface area (TPSA) is 136 Å². The first-order chi connectivity index (χ1) is 27.2. The Kier molecular flexibility index (Phi) is 10.2. The maximum Gasteiger partial charge on any atom is 0.407 e. The third kappa shape index (κ3) is 7.43. The number of carbonyl (C=O) groups excluding carboxylic acids is 2. The minimum absolute atomic E-state index is 0.116. The van der Waals surface area contributed by atoms with Crippen LogP contribution >= 0.6 is 11.3 Å². The lowest BCUT2D eigenvalue weighted by molar-refractivity contribution is -0.123. The first-order valence-electron chi connectivity index (χ1n) is 18.1. The maximum absolute atomic E-state index is 15.2. The zero-order chi connectivity index (χ0) is 38.8. The minimum atomic E-state index is -0.926. The van der Waals surface area contributed by atoms with Gasteiger partial charge in [0.25, 0.3) is 0 Å². The largest absolute Gasteiger partial charge is 0.449 e. The van der Waals surface area contributed by atoms with Gasteiger partial charge in [-0.1, -0.05) is 78.0 Å². The SMILES string of the molecule is C[C@@H](NC(=O)OCC1c2ccccc2-c2ccccc21)C(=O)N[C@H](C)c1ccc(F)cc1-c1cccc2cc(-c3nc(NCCn4ccnn4)ncc3F)sc12. The van der Waals surface area contributed by atoms with Crippen molar-refractivity contribution in [1.82, 2.24) is 35.6 Å². The molecule has 4 aromatic carbocycles. The monoisotopic (exact) mass is 770 g/mol. The number of hydrogen-bond donors (Lipinski definition) is 3. The molecule has 2 amide bonds. The number of fused-ring (bicyclic) bond motifs is 4. The Morgan fingerprint density at radius 3 is 2.39 bits per heavy atom. The second-order valence-corrected chi connectivity index (χ2v) is 14.5. The van der Waals surface area contributed by atoms with Crippen LogP contribution < -0.4 is 16.0 Å². The van der Waals surface area contributed by atoms with E-state index in [1.807, 2.05) is 60.7 Å². The average molecular weight is 771 g/mol. The van der Waals surface area contributed by atoms with Gasteiger partial charge in [0.2, 0.25) is 11.9 Å². The molecule has 56 heavy (non-hydrogen) atoms. The van der Waals surface area contributed by atoms with Gasteiger partial charge in [-0.3, -0.25) is 9.48 Å². The van der Waals surface area contributed by atoms with Gasteiger partial charge < -0.3 is 20.7 Å². The molecule has 0 saturated carbocycles. The Balaban J connectivity index is 0.957. The highest BCUT2D eigenvalue weighted by Gasteiger charge is 2.30. The number of rotatable bonds is 12. The molecule has 7 aromatic rings. The Morgan fingerprint density at radius 2 is 1.64 bits per heavy atom. The van der Waals surface area contributed by atoms with Gasteiger partial charge in [0.05, 0.1) is 29.9 Å². The Bertz CT molecular complexity index is 2520. The molecule has 0 radical (unpaired) electrons. The number of nitrogens with zero attached hydrogens (tertiary/aromatic N) is 5. The molecule has 3 heterocycles. The summed E-state index contributed by atoms with van der Waals surface area (Å²) in [5, 5.41) is 17.2. The number of ether oxygens (including phenoxy) is 1. The quantitative estimate of drug-likeness (QED) is 0.113. The highest BCUT2D eigenvalue weighted by atomic mass is 32.1.